The summed E-state index contributed by atoms with van der Waals surface area (Å²) in [7, 11) is 0. The molecular formula is C32H56N6O11. The molecule has 0 aromatic carbocycles. The van der Waals surface area contributed by atoms with Crippen LogP contribution in [0.3, 0.4) is 0 Å². The molecule has 49 heavy (non-hydrogen) atoms. The van der Waals surface area contributed by atoms with Gasteiger partial charge in [-0.05, 0) is 74.7 Å². The van der Waals surface area contributed by atoms with Crippen molar-refractivity contribution in [1.82, 2.24) is 21.3 Å². The Morgan fingerprint density at radius 2 is 1.04 bits per heavy atom. The van der Waals surface area contributed by atoms with E-state index in [4.69, 9.17) is 25.7 Å². The van der Waals surface area contributed by atoms with E-state index in [9.17, 15) is 38.4 Å². The van der Waals surface area contributed by atoms with Crippen molar-refractivity contribution in [2.24, 2.45) is 17.4 Å². The first-order valence-electron chi connectivity index (χ1n) is 16.0. The zero-order valence-electron chi connectivity index (χ0n) is 30.6. The Morgan fingerprint density at radius 1 is 0.592 bits per heavy atom. The van der Waals surface area contributed by atoms with E-state index in [0.717, 1.165) is 0 Å². The number of nitrogens with two attached hydrogens (primary N) is 2. The Hall–Kier alpha value is -4.28. The van der Waals surface area contributed by atoms with Crippen molar-refractivity contribution in [3.8, 4) is 0 Å². The van der Waals surface area contributed by atoms with Crippen LogP contribution in [0.5, 0.6) is 0 Å². The third kappa shape index (κ3) is 20.6. The molecule has 0 aromatic rings. The molecular weight excluding hydrogens is 644 g/mol. The van der Waals surface area contributed by atoms with Gasteiger partial charge in [-0.3, -0.25) is 38.4 Å². The van der Waals surface area contributed by atoms with E-state index >= 15 is 0 Å². The molecule has 0 heterocycles. The van der Waals surface area contributed by atoms with Gasteiger partial charge in [0.2, 0.25) is 29.5 Å². The number of rotatable bonds is 17. The molecule has 0 aliphatic heterocycles. The summed E-state index contributed by atoms with van der Waals surface area (Å²) in [5.41, 5.74) is 8.46. The second-order valence-electron chi connectivity index (χ2n) is 14.8. The van der Waals surface area contributed by atoms with E-state index in [0.29, 0.717) is 0 Å². The largest absolute Gasteiger partial charge is 0.460 e. The highest BCUT2D eigenvalue weighted by Gasteiger charge is 2.34. The lowest BCUT2D eigenvalue weighted by Crippen LogP contribution is -2.59. The minimum atomic E-state index is -1.52. The molecule has 0 bridgehead atoms. The van der Waals surface area contributed by atoms with E-state index in [-0.39, 0.29) is 12.8 Å². The molecule has 8 N–H and O–H groups in total. The van der Waals surface area contributed by atoms with E-state index in [2.05, 4.69) is 21.3 Å². The molecule has 17 nitrogen and oxygen atoms in total. The van der Waals surface area contributed by atoms with E-state index in [1.54, 1.807) is 76.2 Å². The molecule has 0 fully saturated rings. The highest BCUT2D eigenvalue weighted by Crippen LogP contribution is 2.14. The molecule has 0 radical (unpaired) electrons. The zero-order chi connectivity index (χ0) is 38.5. The van der Waals surface area contributed by atoms with Crippen LogP contribution in [-0.4, -0.2) is 95.0 Å². The number of primary amides is 1. The van der Waals surface area contributed by atoms with Gasteiger partial charge in [-0.25, -0.2) is 0 Å². The van der Waals surface area contributed by atoms with Crippen LogP contribution in [0.2, 0.25) is 0 Å². The molecule has 0 aliphatic carbocycles. The van der Waals surface area contributed by atoms with Gasteiger partial charge in [-0.2, -0.15) is 0 Å². The maximum absolute atomic E-state index is 13.6. The number of ether oxygens (including phenoxy) is 3. The van der Waals surface area contributed by atoms with Crippen LogP contribution >= 0.6 is 0 Å². The van der Waals surface area contributed by atoms with Gasteiger partial charge >= 0.3 is 17.9 Å². The summed E-state index contributed by atoms with van der Waals surface area (Å²) < 4.78 is 15.8. The summed E-state index contributed by atoms with van der Waals surface area (Å²) in [6, 6.07) is -5.68. The Kier molecular flexibility index (Phi) is 17.4. The summed E-state index contributed by atoms with van der Waals surface area (Å²) in [6.45, 7) is 17.3. The fourth-order valence-electron chi connectivity index (χ4n) is 3.96. The van der Waals surface area contributed by atoms with Gasteiger partial charge in [-0.1, -0.05) is 13.8 Å². The molecule has 2 unspecified atom stereocenters. The second-order valence-corrected chi connectivity index (χ2v) is 14.8. The lowest BCUT2D eigenvalue weighted by atomic mass is 10.0. The van der Waals surface area contributed by atoms with Crippen LogP contribution in [0, 0.1) is 5.92 Å². The molecule has 0 rings (SSSR count). The zero-order valence-corrected chi connectivity index (χ0v) is 30.6. The van der Waals surface area contributed by atoms with Crippen LogP contribution in [-0.2, 0) is 52.6 Å². The summed E-state index contributed by atoms with van der Waals surface area (Å²) in [5, 5.41) is 9.58. The highest BCUT2D eigenvalue weighted by molar-refractivity contribution is 5.97. The van der Waals surface area contributed by atoms with Crippen molar-refractivity contribution >= 4 is 47.4 Å². The van der Waals surface area contributed by atoms with Crippen LogP contribution in [0.25, 0.3) is 0 Å². The number of carbonyl (C=O) groups excluding carboxylic acids is 8. The summed E-state index contributed by atoms with van der Waals surface area (Å²) in [6.07, 6.45) is -1.70. The summed E-state index contributed by atoms with van der Waals surface area (Å²) in [4.78, 5) is 101. The van der Waals surface area contributed by atoms with Crippen LogP contribution in [0.15, 0.2) is 0 Å². The first-order chi connectivity index (χ1) is 22.1. The van der Waals surface area contributed by atoms with Crippen LogP contribution in [0.1, 0.15) is 102 Å². The fraction of sp³-hybridized carbons (Fsp3) is 0.750. The molecule has 5 amide bonds. The quantitative estimate of drug-likeness (QED) is 0.0837. The van der Waals surface area contributed by atoms with E-state index in [1.807, 2.05) is 0 Å². The predicted molar refractivity (Wildman–Crippen MR) is 177 cm³/mol. The standard InChI is InChI=1S/C32H56N6O11/c1-17(2)25(29(46)37-20(27(44)35-16-21(34)39)15-24(42)49-32(9,10)11)38-28(45)19(12-13-22(40)47-30(3,4)5)36-26(43)18(33)14-23(41)48-31(6,7)8/h17-20,25H,12-16,33H2,1-11H3,(H2,34,39)(H,35,44)(H,36,43)(H,37,46)(H,38,45)/t18-,19?,20?,25-/m0/s1. The monoisotopic (exact) mass is 700 g/mol. The lowest BCUT2D eigenvalue weighted by molar-refractivity contribution is -0.157. The SMILES string of the molecule is CC(C)[C@H](NC(=O)C(CCC(=O)OC(C)(C)C)NC(=O)[C@@H](N)CC(=O)OC(C)(C)C)C(=O)NC(CC(=O)OC(C)(C)C)C(=O)NCC(N)=O. The Bertz CT molecular complexity index is 1220. The normalized spacial score (nSPS) is 14.3. The maximum Gasteiger partial charge on any atom is 0.308 e. The molecule has 0 spiro atoms. The molecule has 17 heteroatoms. The smallest absolute Gasteiger partial charge is 0.308 e. The number of esters is 3. The van der Waals surface area contributed by atoms with Crippen molar-refractivity contribution in [3.63, 3.8) is 0 Å². The summed E-state index contributed by atoms with van der Waals surface area (Å²) in [5.74, 6) is -7.29. The maximum atomic E-state index is 13.6. The minimum absolute atomic E-state index is 0.269. The van der Waals surface area contributed by atoms with Gasteiger partial charge < -0.3 is 46.9 Å². The van der Waals surface area contributed by atoms with Gasteiger partial charge in [0, 0.05) is 6.42 Å². The third-order valence-corrected chi connectivity index (χ3v) is 5.94. The third-order valence-electron chi connectivity index (χ3n) is 5.94. The molecule has 0 saturated heterocycles. The van der Waals surface area contributed by atoms with Crippen molar-refractivity contribution in [3.05, 3.63) is 0 Å². The van der Waals surface area contributed by atoms with Crippen molar-refractivity contribution < 1.29 is 52.6 Å². The molecule has 280 valence electrons. The van der Waals surface area contributed by atoms with Gasteiger partial charge in [0.25, 0.3) is 0 Å². The number of hydrogen-bond donors (Lipinski definition) is 6. The van der Waals surface area contributed by atoms with Crippen LogP contribution < -0.4 is 32.7 Å². The average molecular weight is 701 g/mol. The van der Waals surface area contributed by atoms with E-state index in [1.165, 1.54) is 0 Å². The molecule has 0 saturated carbocycles. The fourth-order valence-corrected chi connectivity index (χ4v) is 3.96. The van der Waals surface area contributed by atoms with Crippen molar-refractivity contribution in [1.29, 1.82) is 0 Å². The topological polar surface area (TPSA) is 264 Å². The first-order valence-corrected chi connectivity index (χ1v) is 16.0. The number of nitrogens with one attached hydrogen (secondary N) is 4. The van der Waals surface area contributed by atoms with Crippen molar-refractivity contribution in [2.75, 3.05) is 6.54 Å². The Labute approximate surface area is 288 Å². The molecule has 4 atom stereocenters. The highest BCUT2D eigenvalue weighted by atomic mass is 16.6. The first kappa shape index (κ1) is 44.7. The summed E-state index contributed by atoms with van der Waals surface area (Å²) >= 11 is 0. The molecule has 0 aromatic heterocycles. The second kappa shape index (κ2) is 19.0. The Morgan fingerprint density at radius 3 is 1.49 bits per heavy atom. The minimum Gasteiger partial charge on any atom is -0.460 e. The van der Waals surface area contributed by atoms with Crippen LogP contribution in [0.4, 0.5) is 0 Å². The number of carbonyl (C=O) groups is 8. The average Bonchev–Trinajstić information content (AvgIpc) is 2.88. The van der Waals surface area contributed by atoms with E-state index < -0.39 is 114 Å². The lowest BCUT2D eigenvalue weighted by Gasteiger charge is -2.28. The van der Waals surface area contributed by atoms with Gasteiger partial charge in [-0.15, -0.1) is 0 Å². The number of hydrogen-bond acceptors (Lipinski definition) is 12. The molecule has 0 aliphatic rings. The van der Waals surface area contributed by atoms with Gasteiger partial charge in [0.15, 0.2) is 0 Å². The van der Waals surface area contributed by atoms with Crippen molar-refractivity contribution in [2.45, 2.75) is 143 Å². The van der Waals surface area contributed by atoms with Gasteiger partial charge in [0.1, 0.15) is 34.9 Å². The number of amides is 5. The predicted octanol–water partition coefficient (Wildman–Crippen LogP) is -0.389. The Balaban J connectivity index is 6.12. The van der Waals surface area contributed by atoms with Gasteiger partial charge in [0.05, 0.1) is 25.4 Å².